The number of carbonyl (C=O) groups excluding carboxylic acids is 2. The summed E-state index contributed by atoms with van der Waals surface area (Å²) in [6.45, 7) is 8.13. The van der Waals surface area contributed by atoms with E-state index < -0.39 is 5.54 Å². The Morgan fingerprint density at radius 2 is 1.76 bits per heavy atom. The minimum atomic E-state index is -0.685. The fourth-order valence-corrected chi connectivity index (χ4v) is 4.13. The van der Waals surface area contributed by atoms with Gasteiger partial charge in [0, 0.05) is 6.04 Å². The van der Waals surface area contributed by atoms with E-state index in [0.29, 0.717) is 25.2 Å². The van der Waals surface area contributed by atoms with Gasteiger partial charge in [0.25, 0.3) is 0 Å². The lowest BCUT2D eigenvalue weighted by molar-refractivity contribution is -0.159. The number of amides is 2. The average Bonchev–Trinajstić information content (AvgIpc) is 3.02. The van der Waals surface area contributed by atoms with Crippen molar-refractivity contribution in [2.75, 3.05) is 0 Å². The Bertz CT molecular complexity index is 398. The summed E-state index contributed by atoms with van der Waals surface area (Å²) in [5, 5.41) is 3.03. The summed E-state index contributed by atoms with van der Waals surface area (Å²) in [7, 11) is 0. The molecule has 4 heteroatoms. The molecule has 2 aliphatic rings. The minimum Gasteiger partial charge on any atom is -0.340 e. The topological polar surface area (TPSA) is 49.4 Å². The third-order valence-electron chi connectivity index (χ3n) is 5.76. The van der Waals surface area contributed by atoms with Crippen LogP contribution in [0.1, 0.15) is 72.6 Å². The Kier molecular flexibility index (Phi) is 4.95. The van der Waals surface area contributed by atoms with E-state index in [-0.39, 0.29) is 23.9 Å². The first-order valence-corrected chi connectivity index (χ1v) is 8.65. The van der Waals surface area contributed by atoms with Crippen molar-refractivity contribution in [3.8, 4) is 0 Å². The molecule has 0 aromatic heterocycles. The number of nitrogens with one attached hydrogen (secondary N) is 1. The van der Waals surface area contributed by atoms with Gasteiger partial charge in [-0.2, -0.15) is 0 Å². The Morgan fingerprint density at radius 3 is 2.24 bits per heavy atom. The molecule has 0 spiro atoms. The average molecular weight is 294 g/mol. The van der Waals surface area contributed by atoms with Gasteiger partial charge in [-0.3, -0.25) is 9.59 Å². The van der Waals surface area contributed by atoms with Gasteiger partial charge < -0.3 is 10.2 Å². The number of piperazine rings is 1. The molecule has 0 bridgehead atoms. The molecule has 21 heavy (non-hydrogen) atoms. The fraction of sp³-hybridized carbons (Fsp3) is 0.882. The third-order valence-corrected chi connectivity index (χ3v) is 5.76. The Morgan fingerprint density at radius 1 is 1.19 bits per heavy atom. The van der Waals surface area contributed by atoms with Gasteiger partial charge >= 0.3 is 0 Å². The lowest BCUT2D eigenvalue weighted by Crippen LogP contribution is -2.71. The van der Waals surface area contributed by atoms with Gasteiger partial charge in [-0.25, -0.2) is 0 Å². The van der Waals surface area contributed by atoms with E-state index in [1.807, 2.05) is 25.7 Å². The molecule has 2 unspecified atom stereocenters. The highest BCUT2D eigenvalue weighted by atomic mass is 16.2. The van der Waals surface area contributed by atoms with Crippen molar-refractivity contribution >= 4 is 11.8 Å². The largest absolute Gasteiger partial charge is 0.340 e. The van der Waals surface area contributed by atoms with E-state index in [4.69, 9.17) is 0 Å². The van der Waals surface area contributed by atoms with Crippen LogP contribution in [0.15, 0.2) is 0 Å². The molecule has 2 fully saturated rings. The summed E-state index contributed by atoms with van der Waals surface area (Å²) < 4.78 is 0. The van der Waals surface area contributed by atoms with Crippen molar-refractivity contribution in [2.45, 2.75) is 90.3 Å². The van der Waals surface area contributed by atoms with E-state index >= 15 is 0 Å². The van der Waals surface area contributed by atoms with Crippen molar-refractivity contribution in [1.82, 2.24) is 10.2 Å². The zero-order valence-electron chi connectivity index (χ0n) is 13.9. The summed E-state index contributed by atoms with van der Waals surface area (Å²) in [5.41, 5.74) is -0.685. The number of carbonyl (C=O) groups is 2. The molecule has 2 atom stereocenters. The van der Waals surface area contributed by atoms with E-state index in [1.165, 1.54) is 25.7 Å². The van der Waals surface area contributed by atoms with Crippen LogP contribution in [0.4, 0.5) is 0 Å². The molecule has 1 saturated carbocycles. The van der Waals surface area contributed by atoms with Crippen molar-refractivity contribution in [2.24, 2.45) is 5.92 Å². The van der Waals surface area contributed by atoms with Crippen molar-refractivity contribution < 1.29 is 9.59 Å². The highest BCUT2D eigenvalue weighted by Gasteiger charge is 2.50. The van der Waals surface area contributed by atoms with Crippen LogP contribution in [-0.4, -0.2) is 34.3 Å². The van der Waals surface area contributed by atoms with Crippen LogP contribution in [-0.2, 0) is 9.59 Å². The predicted octanol–water partition coefficient (Wildman–Crippen LogP) is 2.86. The lowest BCUT2D eigenvalue weighted by Gasteiger charge is -2.49. The van der Waals surface area contributed by atoms with E-state index in [0.717, 1.165) is 0 Å². The summed E-state index contributed by atoms with van der Waals surface area (Å²) >= 11 is 0. The van der Waals surface area contributed by atoms with Gasteiger partial charge in [-0.15, -0.1) is 0 Å². The maximum absolute atomic E-state index is 13.1. The van der Waals surface area contributed by atoms with Gasteiger partial charge in [-0.1, -0.05) is 33.6 Å². The van der Waals surface area contributed by atoms with E-state index in [2.05, 4.69) is 12.2 Å². The molecule has 2 rings (SSSR count). The van der Waals surface area contributed by atoms with Gasteiger partial charge in [0.1, 0.15) is 11.6 Å². The summed E-state index contributed by atoms with van der Waals surface area (Å²) in [6.07, 6.45) is 6.91. The number of rotatable bonds is 5. The molecule has 0 radical (unpaired) electrons. The first-order valence-electron chi connectivity index (χ1n) is 8.65. The molecule has 1 aliphatic heterocycles. The highest BCUT2D eigenvalue weighted by molar-refractivity contribution is 6.00. The molecular weight excluding hydrogens is 264 g/mol. The second-order valence-corrected chi connectivity index (χ2v) is 6.70. The molecule has 2 amide bonds. The number of hydrogen-bond donors (Lipinski definition) is 1. The first-order chi connectivity index (χ1) is 10.0. The zero-order chi connectivity index (χ0) is 15.6. The van der Waals surface area contributed by atoms with Crippen molar-refractivity contribution in [3.63, 3.8) is 0 Å². The molecule has 0 aromatic rings. The van der Waals surface area contributed by atoms with E-state index in [9.17, 15) is 9.59 Å². The minimum absolute atomic E-state index is 0.0330. The summed E-state index contributed by atoms with van der Waals surface area (Å²) in [6, 6.07) is -0.118. The summed E-state index contributed by atoms with van der Waals surface area (Å²) in [5.74, 6) is 0.726. The zero-order valence-corrected chi connectivity index (χ0v) is 13.9. The van der Waals surface area contributed by atoms with Crippen molar-refractivity contribution in [1.29, 1.82) is 0 Å². The molecule has 1 heterocycles. The monoisotopic (exact) mass is 294 g/mol. The quantitative estimate of drug-likeness (QED) is 0.847. The Balaban J connectivity index is 2.32. The molecule has 1 N–H and O–H groups in total. The van der Waals surface area contributed by atoms with Crippen LogP contribution >= 0.6 is 0 Å². The maximum atomic E-state index is 13.1. The van der Waals surface area contributed by atoms with Crippen LogP contribution in [0.2, 0.25) is 0 Å². The van der Waals surface area contributed by atoms with Crippen LogP contribution in [0.5, 0.6) is 0 Å². The van der Waals surface area contributed by atoms with Crippen LogP contribution in [0.3, 0.4) is 0 Å². The molecule has 1 aliphatic carbocycles. The lowest BCUT2D eigenvalue weighted by atomic mass is 9.84. The van der Waals surface area contributed by atoms with Gasteiger partial charge in [0.15, 0.2) is 0 Å². The SMILES string of the molecule is CCC1C(=O)NC(CC)(CC)C(=O)N1C(C)C1CCCC1. The van der Waals surface area contributed by atoms with Gasteiger partial charge in [0.2, 0.25) is 11.8 Å². The molecule has 4 nitrogen and oxygen atoms in total. The number of nitrogens with zero attached hydrogens (tertiary/aromatic N) is 1. The molecular formula is C17H30N2O2. The van der Waals surface area contributed by atoms with Crippen LogP contribution < -0.4 is 5.32 Å². The van der Waals surface area contributed by atoms with Crippen molar-refractivity contribution in [3.05, 3.63) is 0 Å². The Hall–Kier alpha value is -1.06. The fourth-order valence-electron chi connectivity index (χ4n) is 4.13. The van der Waals surface area contributed by atoms with Gasteiger partial charge in [0.05, 0.1) is 0 Å². The predicted molar refractivity (Wildman–Crippen MR) is 83.8 cm³/mol. The second-order valence-electron chi connectivity index (χ2n) is 6.70. The molecule has 120 valence electrons. The highest BCUT2D eigenvalue weighted by Crippen LogP contribution is 2.35. The second kappa shape index (κ2) is 6.37. The first kappa shape index (κ1) is 16.3. The number of hydrogen-bond acceptors (Lipinski definition) is 2. The smallest absolute Gasteiger partial charge is 0.249 e. The summed E-state index contributed by atoms with van der Waals surface area (Å²) in [4.78, 5) is 27.6. The van der Waals surface area contributed by atoms with Gasteiger partial charge in [-0.05, 0) is 44.9 Å². The maximum Gasteiger partial charge on any atom is 0.249 e. The van der Waals surface area contributed by atoms with E-state index in [1.54, 1.807) is 0 Å². The molecule has 1 saturated heterocycles. The standard InChI is InChI=1S/C17H30N2O2/c1-5-14-15(20)18-17(6-2,7-3)16(21)19(14)12(4)13-10-8-9-11-13/h12-14H,5-11H2,1-4H3,(H,18,20). The third kappa shape index (κ3) is 2.69. The normalized spacial score (nSPS) is 27.8. The molecule has 0 aromatic carbocycles. The van der Waals surface area contributed by atoms with Crippen LogP contribution in [0.25, 0.3) is 0 Å². The van der Waals surface area contributed by atoms with Crippen LogP contribution in [0, 0.1) is 5.92 Å². The Labute approximate surface area is 128 Å².